The van der Waals surface area contributed by atoms with Gasteiger partial charge in [0.1, 0.15) is 0 Å². The van der Waals surface area contributed by atoms with E-state index in [9.17, 15) is 0 Å². The van der Waals surface area contributed by atoms with Crippen LogP contribution in [0.4, 0.5) is 0 Å². The minimum atomic E-state index is 0.993. The van der Waals surface area contributed by atoms with Crippen LogP contribution in [0.5, 0.6) is 0 Å². The number of hydrogen-bond donors (Lipinski definition) is 1. The van der Waals surface area contributed by atoms with Crippen molar-refractivity contribution in [3.8, 4) is 0 Å². The van der Waals surface area contributed by atoms with Gasteiger partial charge in [-0.3, -0.25) is 0 Å². The third kappa shape index (κ3) is 4.49. The third-order valence-electron chi connectivity index (χ3n) is 1.68. The second kappa shape index (κ2) is 6.87. The van der Waals surface area contributed by atoms with E-state index in [-0.39, 0.29) is 0 Å². The molecule has 1 heterocycles. The van der Waals surface area contributed by atoms with E-state index in [0.717, 1.165) is 13.1 Å². The van der Waals surface area contributed by atoms with Gasteiger partial charge < -0.3 is 5.32 Å². The molecule has 0 aliphatic rings. The zero-order valence-corrected chi connectivity index (χ0v) is 10.9. The molecule has 0 unspecified atom stereocenters. The minimum absolute atomic E-state index is 0.993. The van der Waals surface area contributed by atoms with Gasteiger partial charge in [-0.05, 0) is 52.4 Å². The Bertz CT molecular complexity index is 237. The Labute approximate surface area is 96.4 Å². The molecule has 0 bridgehead atoms. The van der Waals surface area contributed by atoms with Crippen molar-refractivity contribution in [3.63, 3.8) is 0 Å². The topological polar surface area (TPSA) is 12.0 Å². The third-order valence-corrected chi connectivity index (χ3v) is 4.30. The summed E-state index contributed by atoms with van der Waals surface area (Å²) in [5.74, 6) is 1.25. The molecule has 0 saturated carbocycles. The number of halogens is 1. The fraction of sp³-hybridized carbons (Fsp3) is 0.556. The van der Waals surface area contributed by atoms with Gasteiger partial charge in [-0.25, -0.2) is 0 Å². The van der Waals surface area contributed by atoms with Gasteiger partial charge in [0.2, 0.25) is 0 Å². The molecule has 0 amide bonds. The van der Waals surface area contributed by atoms with E-state index in [0.29, 0.717) is 0 Å². The van der Waals surface area contributed by atoms with E-state index in [1.165, 1.54) is 21.5 Å². The van der Waals surface area contributed by atoms with Crippen molar-refractivity contribution in [2.45, 2.75) is 13.0 Å². The monoisotopic (exact) mass is 279 g/mol. The van der Waals surface area contributed by atoms with E-state index in [1.54, 1.807) is 11.3 Å². The van der Waals surface area contributed by atoms with E-state index in [2.05, 4.69) is 38.9 Å². The molecule has 0 radical (unpaired) electrons. The average Bonchev–Trinajstić information content (AvgIpc) is 2.52. The van der Waals surface area contributed by atoms with E-state index < -0.39 is 0 Å². The summed E-state index contributed by atoms with van der Waals surface area (Å²) >= 11 is 7.22. The first-order chi connectivity index (χ1) is 6.34. The summed E-state index contributed by atoms with van der Waals surface area (Å²) in [5.41, 5.74) is 0. The van der Waals surface area contributed by atoms with Gasteiger partial charge in [-0.2, -0.15) is 11.8 Å². The molecule has 0 fully saturated rings. The highest BCUT2D eigenvalue weighted by Gasteiger charge is 1.99. The molecule has 0 saturated heterocycles. The van der Waals surface area contributed by atoms with Crippen molar-refractivity contribution in [2.24, 2.45) is 0 Å². The van der Waals surface area contributed by atoms with Crippen molar-refractivity contribution in [1.29, 1.82) is 0 Å². The average molecular weight is 280 g/mol. The van der Waals surface area contributed by atoms with Gasteiger partial charge in [0.15, 0.2) is 0 Å². The molecule has 13 heavy (non-hydrogen) atoms. The van der Waals surface area contributed by atoms with Crippen LogP contribution in [-0.2, 0) is 6.54 Å². The summed E-state index contributed by atoms with van der Waals surface area (Å²) in [4.78, 5) is 1.39. The number of hydrogen-bond acceptors (Lipinski definition) is 3. The Morgan fingerprint density at radius 1 is 1.62 bits per heavy atom. The number of thiophene rings is 1. The Morgan fingerprint density at radius 3 is 3.08 bits per heavy atom. The lowest BCUT2D eigenvalue weighted by atomic mass is 10.4. The molecule has 0 aliphatic carbocycles. The Balaban J connectivity index is 2.10. The standard InChI is InChI=1S/C9H14BrNS2/c1-12-5-2-4-11-7-9-8(10)3-6-13-9/h3,6,11H,2,4-5,7H2,1H3. The summed E-state index contributed by atoms with van der Waals surface area (Å²) in [6.45, 7) is 2.11. The highest BCUT2D eigenvalue weighted by molar-refractivity contribution is 9.10. The highest BCUT2D eigenvalue weighted by atomic mass is 79.9. The van der Waals surface area contributed by atoms with Gasteiger partial charge in [0.05, 0.1) is 0 Å². The van der Waals surface area contributed by atoms with Crippen molar-refractivity contribution in [1.82, 2.24) is 5.32 Å². The molecular weight excluding hydrogens is 266 g/mol. The summed E-state index contributed by atoms with van der Waals surface area (Å²) in [5, 5.41) is 5.54. The van der Waals surface area contributed by atoms with Crippen LogP contribution in [-0.4, -0.2) is 18.6 Å². The van der Waals surface area contributed by atoms with Crippen LogP contribution in [0.15, 0.2) is 15.9 Å². The molecule has 1 aromatic rings. The molecule has 0 spiro atoms. The van der Waals surface area contributed by atoms with Crippen LogP contribution in [0, 0.1) is 0 Å². The van der Waals surface area contributed by atoms with Gasteiger partial charge in [0.25, 0.3) is 0 Å². The fourth-order valence-corrected chi connectivity index (χ4v) is 2.89. The van der Waals surface area contributed by atoms with Crippen LogP contribution in [0.1, 0.15) is 11.3 Å². The first kappa shape index (κ1) is 11.6. The van der Waals surface area contributed by atoms with E-state index in [1.807, 2.05) is 11.8 Å². The maximum Gasteiger partial charge on any atom is 0.0327 e. The number of nitrogens with one attached hydrogen (secondary N) is 1. The molecule has 1 rings (SSSR count). The largest absolute Gasteiger partial charge is 0.312 e. The lowest BCUT2D eigenvalue weighted by Gasteiger charge is -2.02. The van der Waals surface area contributed by atoms with Gasteiger partial charge >= 0.3 is 0 Å². The molecule has 1 aromatic heterocycles. The minimum Gasteiger partial charge on any atom is -0.312 e. The van der Waals surface area contributed by atoms with Crippen LogP contribution in [0.2, 0.25) is 0 Å². The van der Waals surface area contributed by atoms with Crippen LogP contribution >= 0.6 is 39.0 Å². The molecular formula is C9H14BrNS2. The number of rotatable bonds is 6. The van der Waals surface area contributed by atoms with Gasteiger partial charge in [-0.15, -0.1) is 11.3 Å². The molecule has 0 atom stereocenters. The summed E-state index contributed by atoms with van der Waals surface area (Å²) < 4.78 is 1.23. The van der Waals surface area contributed by atoms with Crippen LogP contribution in [0.25, 0.3) is 0 Å². The van der Waals surface area contributed by atoms with Crippen molar-refractivity contribution in [3.05, 3.63) is 20.8 Å². The first-order valence-electron chi connectivity index (χ1n) is 4.26. The second-order valence-corrected chi connectivity index (χ2v) is 5.56. The SMILES string of the molecule is CSCCCNCc1sccc1Br. The normalized spacial score (nSPS) is 10.6. The highest BCUT2D eigenvalue weighted by Crippen LogP contribution is 2.21. The zero-order valence-electron chi connectivity index (χ0n) is 7.68. The van der Waals surface area contributed by atoms with Gasteiger partial charge in [0, 0.05) is 15.9 Å². The molecule has 74 valence electrons. The summed E-state index contributed by atoms with van der Waals surface area (Å²) in [6, 6.07) is 2.10. The van der Waals surface area contributed by atoms with Crippen molar-refractivity contribution >= 4 is 39.0 Å². The van der Waals surface area contributed by atoms with Crippen LogP contribution in [0.3, 0.4) is 0 Å². The predicted molar refractivity (Wildman–Crippen MR) is 66.7 cm³/mol. The molecule has 1 N–H and O–H groups in total. The van der Waals surface area contributed by atoms with Crippen molar-refractivity contribution < 1.29 is 0 Å². The zero-order chi connectivity index (χ0) is 9.52. The Hall–Kier alpha value is 0.490. The van der Waals surface area contributed by atoms with Crippen molar-refractivity contribution in [2.75, 3.05) is 18.6 Å². The Kier molecular flexibility index (Phi) is 6.11. The molecule has 1 nitrogen and oxygen atoms in total. The van der Waals surface area contributed by atoms with Gasteiger partial charge in [-0.1, -0.05) is 0 Å². The summed E-state index contributed by atoms with van der Waals surface area (Å²) in [6.07, 6.45) is 3.40. The lowest BCUT2D eigenvalue weighted by Crippen LogP contribution is -2.14. The van der Waals surface area contributed by atoms with E-state index in [4.69, 9.17) is 0 Å². The second-order valence-electron chi connectivity index (χ2n) is 2.71. The molecule has 0 aromatic carbocycles. The molecule has 0 aliphatic heterocycles. The molecule has 4 heteroatoms. The number of thioether (sulfide) groups is 1. The van der Waals surface area contributed by atoms with Crippen LogP contribution < -0.4 is 5.32 Å². The predicted octanol–water partition coefficient (Wildman–Crippen LogP) is 3.35. The smallest absolute Gasteiger partial charge is 0.0327 e. The van der Waals surface area contributed by atoms with E-state index >= 15 is 0 Å². The first-order valence-corrected chi connectivity index (χ1v) is 7.32. The maximum absolute atomic E-state index is 3.52. The maximum atomic E-state index is 3.52. The summed E-state index contributed by atoms with van der Waals surface area (Å²) in [7, 11) is 0. The Morgan fingerprint density at radius 2 is 2.46 bits per heavy atom. The quantitative estimate of drug-likeness (QED) is 0.802. The fourth-order valence-electron chi connectivity index (χ4n) is 0.995. The lowest BCUT2D eigenvalue weighted by molar-refractivity contribution is 0.684.